The third-order valence-electron chi connectivity index (χ3n) is 3.08. The maximum absolute atomic E-state index is 5.91. The zero-order chi connectivity index (χ0) is 13.9. The number of anilines is 3. The van der Waals surface area contributed by atoms with E-state index >= 15 is 0 Å². The molecule has 0 radical (unpaired) electrons. The largest absolute Gasteiger partial charge is 0.398 e. The third kappa shape index (κ3) is 2.48. The van der Waals surface area contributed by atoms with Crippen LogP contribution in [0, 0.1) is 6.92 Å². The van der Waals surface area contributed by atoms with Gasteiger partial charge in [0.25, 0.3) is 0 Å². The monoisotopic (exact) mass is 282 g/mol. The number of rotatable bonds is 3. The molecule has 0 aliphatic carbocycles. The second-order valence-corrected chi connectivity index (χ2v) is 5.28. The van der Waals surface area contributed by atoms with E-state index in [1.807, 2.05) is 48.8 Å². The Morgan fingerprint density at radius 3 is 2.90 bits per heavy atom. The molecular formula is C15H14N4S. The van der Waals surface area contributed by atoms with E-state index in [4.69, 9.17) is 5.73 Å². The Bertz CT molecular complexity index is 722. The molecule has 0 fully saturated rings. The molecule has 0 unspecified atom stereocenters. The quantitative estimate of drug-likeness (QED) is 0.716. The van der Waals surface area contributed by atoms with Crippen molar-refractivity contribution in [2.45, 2.75) is 6.92 Å². The van der Waals surface area contributed by atoms with Gasteiger partial charge in [0.05, 0.1) is 5.69 Å². The molecule has 5 heteroatoms. The van der Waals surface area contributed by atoms with Crippen LogP contribution < -0.4 is 11.1 Å². The SMILES string of the molecule is Cc1c(N)cccc1Nc1nc(-c2cccnc2)cs1. The third-order valence-corrected chi connectivity index (χ3v) is 3.84. The van der Waals surface area contributed by atoms with Crippen molar-refractivity contribution >= 4 is 27.8 Å². The zero-order valence-electron chi connectivity index (χ0n) is 11.0. The minimum Gasteiger partial charge on any atom is -0.398 e. The van der Waals surface area contributed by atoms with E-state index in [-0.39, 0.29) is 0 Å². The van der Waals surface area contributed by atoms with E-state index in [1.165, 1.54) is 0 Å². The lowest BCUT2D eigenvalue weighted by atomic mass is 10.1. The Kier molecular flexibility index (Phi) is 3.35. The smallest absolute Gasteiger partial charge is 0.187 e. The molecule has 0 saturated heterocycles. The predicted molar refractivity (Wildman–Crippen MR) is 84.2 cm³/mol. The number of hydrogen-bond acceptors (Lipinski definition) is 5. The first-order chi connectivity index (χ1) is 9.74. The van der Waals surface area contributed by atoms with E-state index < -0.39 is 0 Å². The molecule has 100 valence electrons. The highest BCUT2D eigenvalue weighted by atomic mass is 32.1. The molecule has 4 nitrogen and oxygen atoms in total. The molecule has 0 aliphatic heterocycles. The Labute approximate surface area is 121 Å². The molecule has 0 saturated carbocycles. The van der Waals surface area contributed by atoms with Crippen molar-refractivity contribution in [1.82, 2.24) is 9.97 Å². The number of nitrogen functional groups attached to an aromatic ring is 1. The molecule has 2 heterocycles. The zero-order valence-corrected chi connectivity index (χ0v) is 11.8. The van der Waals surface area contributed by atoms with Gasteiger partial charge in [0, 0.05) is 34.7 Å². The van der Waals surface area contributed by atoms with Gasteiger partial charge in [0.1, 0.15) is 0 Å². The van der Waals surface area contributed by atoms with E-state index in [1.54, 1.807) is 17.5 Å². The van der Waals surface area contributed by atoms with Crippen molar-refractivity contribution in [2.24, 2.45) is 0 Å². The minimum atomic E-state index is 0.777. The molecule has 1 aromatic carbocycles. The Morgan fingerprint density at radius 1 is 1.20 bits per heavy atom. The van der Waals surface area contributed by atoms with Crippen LogP contribution in [0.15, 0.2) is 48.1 Å². The van der Waals surface area contributed by atoms with Gasteiger partial charge in [-0.25, -0.2) is 4.98 Å². The van der Waals surface area contributed by atoms with Crippen LogP contribution in [0.25, 0.3) is 11.3 Å². The maximum Gasteiger partial charge on any atom is 0.187 e. The molecule has 2 aromatic heterocycles. The van der Waals surface area contributed by atoms with Crippen molar-refractivity contribution in [3.63, 3.8) is 0 Å². The second-order valence-electron chi connectivity index (χ2n) is 4.42. The van der Waals surface area contributed by atoms with Crippen LogP contribution >= 0.6 is 11.3 Å². The summed E-state index contributed by atoms with van der Waals surface area (Å²) in [5.74, 6) is 0. The molecule has 0 spiro atoms. The number of nitrogens with one attached hydrogen (secondary N) is 1. The highest BCUT2D eigenvalue weighted by Crippen LogP contribution is 2.29. The van der Waals surface area contributed by atoms with Gasteiger partial charge in [0.2, 0.25) is 0 Å². The lowest BCUT2D eigenvalue weighted by Gasteiger charge is -2.08. The number of hydrogen-bond donors (Lipinski definition) is 2. The van der Waals surface area contributed by atoms with E-state index in [2.05, 4.69) is 15.3 Å². The van der Waals surface area contributed by atoms with Gasteiger partial charge < -0.3 is 11.1 Å². The van der Waals surface area contributed by atoms with Crippen LogP contribution in [0.4, 0.5) is 16.5 Å². The lowest BCUT2D eigenvalue weighted by Crippen LogP contribution is -1.96. The Balaban J connectivity index is 1.86. The fraction of sp³-hybridized carbons (Fsp3) is 0.0667. The first kappa shape index (κ1) is 12.6. The van der Waals surface area contributed by atoms with Crippen LogP contribution in [0.1, 0.15) is 5.56 Å². The van der Waals surface area contributed by atoms with Crippen molar-refractivity contribution in [1.29, 1.82) is 0 Å². The van der Waals surface area contributed by atoms with E-state index in [0.29, 0.717) is 0 Å². The van der Waals surface area contributed by atoms with Gasteiger partial charge in [-0.2, -0.15) is 0 Å². The molecule has 0 atom stereocenters. The van der Waals surface area contributed by atoms with Crippen molar-refractivity contribution < 1.29 is 0 Å². The average molecular weight is 282 g/mol. The summed E-state index contributed by atoms with van der Waals surface area (Å²) in [6.45, 7) is 1.99. The van der Waals surface area contributed by atoms with Gasteiger partial charge in [-0.05, 0) is 36.8 Å². The predicted octanol–water partition coefficient (Wildman–Crippen LogP) is 3.84. The van der Waals surface area contributed by atoms with Gasteiger partial charge in [-0.15, -0.1) is 11.3 Å². The average Bonchev–Trinajstić information content (AvgIpc) is 2.93. The fourth-order valence-electron chi connectivity index (χ4n) is 1.88. The van der Waals surface area contributed by atoms with Gasteiger partial charge in [-0.1, -0.05) is 6.07 Å². The van der Waals surface area contributed by atoms with Crippen LogP contribution in [0.3, 0.4) is 0 Å². The highest BCUT2D eigenvalue weighted by Gasteiger charge is 2.07. The van der Waals surface area contributed by atoms with Crippen LogP contribution in [-0.4, -0.2) is 9.97 Å². The number of nitrogens with two attached hydrogens (primary N) is 1. The number of benzene rings is 1. The maximum atomic E-state index is 5.91. The highest BCUT2D eigenvalue weighted by molar-refractivity contribution is 7.14. The summed E-state index contributed by atoms with van der Waals surface area (Å²) in [7, 11) is 0. The van der Waals surface area contributed by atoms with Crippen molar-refractivity contribution in [3.05, 3.63) is 53.7 Å². The molecule has 0 aliphatic rings. The summed E-state index contributed by atoms with van der Waals surface area (Å²) >= 11 is 1.56. The molecule has 20 heavy (non-hydrogen) atoms. The number of nitrogens with zero attached hydrogens (tertiary/aromatic N) is 2. The molecule has 0 bridgehead atoms. The fourth-order valence-corrected chi connectivity index (χ4v) is 2.61. The summed E-state index contributed by atoms with van der Waals surface area (Å²) < 4.78 is 0. The Morgan fingerprint density at radius 2 is 2.10 bits per heavy atom. The lowest BCUT2D eigenvalue weighted by molar-refractivity contribution is 1.30. The summed E-state index contributed by atoms with van der Waals surface area (Å²) in [5.41, 5.74) is 10.6. The summed E-state index contributed by atoms with van der Waals surface area (Å²) in [6, 6.07) is 9.72. The summed E-state index contributed by atoms with van der Waals surface area (Å²) in [6.07, 6.45) is 3.57. The molecule has 3 N–H and O–H groups in total. The van der Waals surface area contributed by atoms with Crippen LogP contribution in [0.2, 0.25) is 0 Å². The van der Waals surface area contributed by atoms with Crippen molar-refractivity contribution in [3.8, 4) is 11.3 Å². The van der Waals surface area contributed by atoms with E-state index in [0.717, 1.165) is 33.3 Å². The van der Waals surface area contributed by atoms with Crippen LogP contribution in [-0.2, 0) is 0 Å². The molecule has 3 rings (SSSR count). The van der Waals surface area contributed by atoms with Crippen molar-refractivity contribution in [2.75, 3.05) is 11.1 Å². The normalized spacial score (nSPS) is 10.4. The number of aromatic nitrogens is 2. The minimum absolute atomic E-state index is 0.777. The van der Waals surface area contributed by atoms with E-state index in [9.17, 15) is 0 Å². The van der Waals surface area contributed by atoms with Gasteiger partial charge in [-0.3, -0.25) is 4.98 Å². The van der Waals surface area contributed by atoms with Crippen LogP contribution in [0.5, 0.6) is 0 Å². The first-order valence-corrected chi connectivity index (χ1v) is 7.10. The summed E-state index contributed by atoms with van der Waals surface area (Å²) in [4.78, 5) is 8.68. The molecule has 0 amide bonds. The molecule has 3 aromatic rings. The van der Waals surface area contributed by atoms with Gasteiger partial charge >= 0.3 is 0 Å². The van der Waals surface area contributed by atoms with Gasteiger partial charge in [0.15, 0.2) is 5.13 Å². The standard InChI is InChI=1S/C15H14N4S/c1-10-12(16)5-2-6-13(10)18-15-19-14(9-20-15)11-4-3-7-17-8-11/h2-9H,16H2,1H3,(H,18,19). The topological polar surface area (TPSA) is 63.8 Å². The first-order valence-electron chi connectivity index (χ1n) is 6.22. The number of thiazole rings is 1. The second kappa shape index (κ2) is 5.30. The summed E-state index contributed by atoms with van der Waals surface area (Å²) in [5, 5.41) is 6.17. The number of pyridine rings is 1. The Hall–Kier alpha value is -2.40. The molecular weight excluding hydrogens is 268 g/mol.